The molecule has 1 aliphatic rings. The number of carbonyl (C=O) groups excluding carboxylic acids is 1. The largest absolute Gasteiger partial charge is 0.322 e. The highest BCUT2D eigenvalue weighted by Gasteiger charge is 2.22. The van der Waals surface area contributed by atoms with Crippen molar-refractivity contribution >= 4 is 27.5 Å². The third-order valence-corrected chi connectivity index (χ3v) is 3.63. The number of allylic oxidation sites excluding steroid dienone is 1. The molecule has 0 fully saturated rings. The number of amides is 1. The number of halogens is 1. The van der Waals surface area contributed by atoms with E-state index in [1.54, 1.807) is 0 Å². The molecule has 1 aliphatic heterocycles. The molecule has 3 heteroatoms. The molecule has 2 nitrogen and oxygen atoms in total. The van der Waals surface area contributed by atoms with Gasteiger partial charge in [-0.2, -0.15) is 0 Å². The van der Waals surface area contributed by atoms with Crippen LogP contribution in [0.3, 0.4) is 0 Å². The van der Waals surface area contributed by atoms with E-state index in [4.69, 9.17) is 0 Å². The lowest BCUT2D eigenvalue weighted by Gasteiger charge is -2.01. The first-order chi connectivity index (χ1) is 9.24. The summed E-state index contributed by atoms with van der Waals surface area (Å²) in [4.78, 5) is 11.8. The van der Waals surface area contributed by atoms with Gasteiger partial charge >= 0.3 is 0 Å². The van der Waals surface area contributed by atoms with Crippen LogP contribution in [0.2, 0.25) is 0 Å². The summed E-state index contributed by atoms with van der Waals surface area (Å²) in [7, 11) is 0. The summed E-state index contributed by atoms with van der Waals surface area (Å²) in [6.45, 7) is 0. The Hall–Kier alpha value is -1.87. The lowest BCUT2D eigenvalue weighted by molar-refractivity contribution is 0.0981. The molecule has 0 unspecified atom stereocenters. The highest BCUT2D eigenvalue weighted by atomic mass is 79.9. The topological polar surface area (TPSA) is 29.1 Å². The molecule has 3 rings (SSSR count). The molecule has 0 aliphatic carbocycles. The minimum Gasteiger partial charge on any atom is -0.322 e. The number of hydrogen-bond donors (Lipinski definition) is 1. The van der Waals surface area contributed by atoms with Crippen molar-refractivity contribution in [3.63, 3.8) is 0 Å². The van der Waals surface area contributed by atoms with Crippen LogP contribution in [0.15, 0.2) is 59.1 Å². The van der Waals surface area contributed by atoms with Crippen molar-refractivity contribution < 1.29 is 4.79 Å². The van der Waals surface area contributed by atoms with Crippen molar-refractivity contribution in [1.29, 1.82) is 0 Å². The maximum absolute atomic E-state index is 11.8. The molecule has 1 heterocycles. The lowest BCUT2D eigenvalue weighted by Crippen LogP contribution is -2.12. The van der Waals surface area contributed by atoms with E-state index in [0.717, 1.165) is 27.7 Å². The number of rotatable bonds is 2. The van der Waals surface area contributed by atoms with Gasteiger partial charge in [-0.15, -0.1) is 0 Å². The summed E-state index contributed by atoms with van der Waals surface area (Å²) in [5, 5.41) is 2.91. The first kappa shape index (κ1) is 12.2. The average Bonchev–Trinajstić information content (AvgIpc) is 2.74. The zero-order valence-electron chi connectivity index (χ0n) is 10.2. The molecule has 0 bridgehead atoms. The molecule has 2 aromatic rings. The van der Waals surface area contributed by atoms with Crippen molar-refractivity contribution in [3.8, 4) is 0 Å². The lowest BCUT2D eigenvalue weighted by atomic mass is 10.1. The van der Waals surface area contributed by atoms with E-state index < -0.39 is 0 Å². The minimum absolute atomic E-state index is 0.0175. The van der Waals surface area contributed by atoms with Gasteiger partial charge in [0.15, 0.2) is 0 Å². The second-order valence-corrected chi connectivity index (χ2v) is 5.37. The second kappa shape index (κ2) is 5.02. The van der Waals surface area contributed by atoms with Gasteiger partial charge in [-0.3, -0.25) is 4.79 Å². The van der Waals surface area contributed by atoms with Gasteiger partial charge in [0, 0.05) is 21.3 Å². The molecule has 0 atom stereocenters. The molecule has 0 radical (unpaired) electrons. The van der Waals surface area contributed by atoms with Gasteiger partial charge in [0.05, 0.1) is 0 Å². The Bertz CT molecular complexity index is 676. The molecular formula is C16H12BrNO. The van der Waals surface area contributed by atoms with E-state index in [1.165, 1.54) is 5.56 Å². The quantitative estimate of drug-likeness (QED) is 0.898. The fourth-order valence-electron chi connectivity index (χ4n) is 2.22. The fraction of sp³-hybridized carbons (Fsp3) is 0.0625. The Morgan fingerprint density at radius 1 is 1.05 bits per heavy atom. The van der Waals surface area contributed by atoms with Gasteiger partial charge in [-0.1, -0.05) is 52.3 Å². The second-order valence-electron chi connectivity index (χ2n) is 4.45. The smallest absolute Gasteiger partial charge is 0.256 e. The Balaban J connectivity index is 1.88. The molecule has 0 saturated heterocycles. The third-order valence-electron chi connectivity index (χ3n) is 3.14. The molecule has 0 aromatic heterocycles. The summed E-state index contributed by atoms with van der Waals surface area (Å²) >= 11 is 3.46. The van der Waals surface area contributed by atoms with Gasteiger partial charge in [0.1, 0.15) is 0 Å². The summed E-state index contributed by atoms with van der Waals surface area (Å²) in [6, 6.07) is 15.8. The van der Waals surface area contributed by atoms with Crippen molar-refractivity contribution in [2.75, 3.05) is 0 Å². The summed E-state index contributed by atoms with van der Waals surface area (Å²) in [5.41, 5.74) is 3.85. The standard InChI is InChI=1S/C16H12BrNO/c17-12-5-3-4-11(10-12)8-9-15-13-6-1-2-7-14(13)16(19)18-15/h1-7,9-10H,8H2,(H,18,19). The first-order valence-electron chi connectivity index (χ1n) is 6.09. The van der Waals surface area contributed by atoms with Crippen LogP contribution in [0.1, 0.15) is 21.5 Å². The normalized spacial score (nSPS) is 15.4. The van der Waals surface area contributed by atoms with Gasteiger partial charge in [-0.25, -0.2) is 0 Å². The highest BCUT2D eigenvalue weighted by Crippen LogP contribution is 2.24. The predicted molar refractivity (Wildman–Crippen MR) is 79.7 cm³/mol. The molecule has 2 aromatic carbocycles. The molecule has 0 saturated carbocycles. The zero-order valence-corrected chi connectivity index (χ0v) is 11.8. The Labute approximate surface area is 120 Å². The monoisotopic (exact) mass is 313 g/mol. The summed E-state index contributed by atoms with van der Waals surface area (Å²) < 4.78 is 1.07. The number of hydrogen-bond acceptors (Lipinski definition) is 1. The molecule has 1 N–H and O–H groups in total. The van der Waals surface area contributed by atoms with Crippen molar-refractivity contribution in [1.82, 2.24) is 5.32 Å². The van der Waals surface area contributed by atoms with E-state index >= 15 is 0 Å². The van der Waals surface area contributed by atoms with Gasteiger partial charge in [-0.05, 0) is 30.2 Å². The highest BCUT2D eigenvalue weighted by molar-refractivity contribution is 9.10. The summed E-state index contributed by atoms with van der Waals surface area (Å²) in [6.07, 6.45) is 2.86. The van der Waals surface area contributed by atoms with Crippen molar-refractivity contribution in [2.24, 2.45) is 0 Å². The average molecular weight is 314 g/mol. The first-order valence-corrected chi connectivity index (χ1v) is 6.89. The van der Waals surface area contributed by atoms with Crippen LogP contribution < -0.4 is 5.32 Å². The SMILES string of the molecule is O=C1NC(=CCc2cccc(Br)c2)c2ccccc21. The Kier molecular flexibility index (Phi) is 3.22. The molecular weight excluding hydrogens is 302 g/mol. The van der Waals surface area contributed by atoms with E-state index in [1.807, 2.05) is 36.4 Å². The van der Waals surface area contributed by atoms with Crippen LogP contribution in [0.25, 0.3) is 5.70 Å². The van der Waals surface area contributed by atoms with Crippen LogP contribution in [0.4, 0.5) is 0 Å². The van der Waals surface area contributed by atoms with Crippen LogP contribution in [-0.2, 0) is 6.42 Å². The van der Waals surface area contributed by atoms with Gasteiger partial charge < -0.3 is 5.32 Å². The predicted octanol–water partition coefficient (Wildman–Crippen LogP) is 3.78. The van der Waals surface area contributed by atoms with Gasteiger partial charge in [0.25, 0.3) is 5.91 Å². The number of nitrogens with one attached hydrogen (secondary N) is 1. The Morgan fingerprint density at radius 2 is 1.84 bits per heavy atom. The van der Waals surface area contributed by atoms with E-state index in [2.05, 4.69) is 39.5 Å². The van der Waals surface area contributed by atoms with E-state index in [9.17, 15) is 4.79 Å². The Morgan fingerprint density at radius 3 is 2.63 bits per heavy atom. The van der Waals surface area contributed by atoms with Crippen molar-refractivity contribution in [3.05, 3.63) is 75.8 Å². The van der Waals surface area contributed by atoms with E-state index in [-0.39, 0.29) is 5.91 Å². The van der Waals surface area contributed by atoms with Crippen LogP contribution >= 0.6 is 15.9 Å². The maximum Gasteiger partial charge on any atom is 0.256 e. The maximum atomic E-state index is 11.8. The van der Waals surface area contributed by atoms with Crippen LogP contribution in [-0.4, -0.2) is 5.91 Å². The van der Waals surface area contributed by atoms with Crippen LogP contribution in [0, 0.1) is 0 Å². The zero-order chi connectivity index (χ0) is 13.2. The van der Waals surface area contributed by atoms with Crippen LogP contribution in [0.5, 0.6) is 0 Å². The molecule has 0 spiro atoms. The van der Waals surface area contributed by atoms with Gasteiger partial charge in [0.2, 0.25) is 0 Å². The minimum atomic E-state index is -0.0175. The molecule has 1 amide bonds. The molecule has 19 heavy (non-hydrogen) atoms. The third kappa shape index (κ3) is 2.47. The number of fused-ring (bicyclic) bond motifs is 1. The number of carbonyl (C=O) groups is 1. The van der Waals surface area contributed by atoms with E-state index in [0.29, 0.717) is 0 Å². The summed E-state index contributed by atoms with van der Waals surface area (Å²) in [5.74, 6) is -0.0175. The van der Waals surface area contributed by atoms with Crippen molar-refractivity contribution in [2.45, 2.75) is 6.42 Å². The number of benzene rings is 2. The fourth-order valence-corrected chi connectivity index (χ4v) is 2.66. The molecule has 94 valence electrons.